The average molecular weight is 334 g/mol. The van der Waals surface area contributed by atoms with Gasteiger partial charge in [0, 0.05) is 12.6 Å². The molecule has 0 radical (unpaired) electrons. The van der Waals surface area contributed by atoms with Crippen molar-refractivity contribution in [3.63, 3.8) is 0 Å². The zero-order valence-corrected chi connectivity index (χ0v) is 13.8. The van der Waals surface area contributed by atoms with Crippen LogP contribution >= 0.6 is 11.6 Å². The van der Waals surface area contributed by atoms with Gasteiger partial charge in [-0.15, -0.1) is 0 Å². The molecule has 1 atom stereocenters. The van der Waals surface area contributed by atoms with Crippen molar-refractivity contribution in [3.8, 4) is 11.5 Å². The summed E-state index contributed by atoms with van der Waals surface area (Å²) in [5.41, 5.74) is 0.859. The molecule has 1 unspecified atom stereocenters. The molecule has 1 aromatic rings. The SMILES string of the molecule is COc1ccc(CNC2CCCS(=O)(=O)C2)c(Cl)c1OC. The van der Waals surface area contributed by atoms with E-state index in [1.165, 1.54) is 7.11 Å². The molecule has 0 spiro atoms. The minimum atomic E-state index is -2.91. The monoisotopic (exact) mass is 333 g/mol. The van der Waals surface area contributed by atoms with E-state index in [0.29, 0.717) is 35.2 Å². The maximum atomic E-state index is 11.6. The van der Waals surface area contributed by atoms with Gasteiger partial charge in [0.15, 0.2) is 21.3 Å². The first-order chi connectivity index (χ1) is 9.96. The van der Waals surface area contributed by atoms with Gasteiger partial charge in [0.1, 0.15) is 0 Å². The number of methoxy groups -OCH3 is 2. The van der Waals surface area contributed by atoms with Gasteiger partial charge in [-0.25, -0.2) is 8.42 Å². The van der Waals surface area contributed by atoms with Crippen LogP contribution < -0.4 is 14.8 Å². The van der Waals surface area contributed by atoms with Crippen LogP contribution in [0.25, 0.3) is 0 Å². The first-order valence-electron chi connectivity index (χ1n) is 6.80. The van der Waals surface area contributed by atoms with Crippen molar-refractivity contribution < 1.29 is 17.9 Å². The minimum Gasteiger partial charge on any atom is -0.493 e. The predicted molar refractivity (Wildman–Crippen MR) is 83.1 cm³/mol. The van der Waals surface area contributed by atoms with Gasteiger partial charge in [0.05, 0.1) is 30.7 Å². The first kappa shape index (κ1) is 16.4. The van der Waals surface area contributed by atoms with Crippen LogP contribution in [0.5, 0.6) is 11.5 Å². The van der Waals surface area contributed by atoms with Crippen LogP contribution in [0.2, 0.25) is 5.02 Å². The van der Waals surface area contributed by atoms with Crippen molar-refractivity contribution in [1.29, 1.82) is 0 Å². The van der Waals surface area contributed by atoms with Gasteiger partial charge >= 0.3 is 0 Å². The Balaban J connectivity index is 2.07. The van der Waals surface area contributed by atoms with Gasteiger partial charge in [-0.2, -0.15) is 0 Å². The van der Waals surface area contributed by atoms with Gasteiger partial charge in [-0.3, -0.25) is 0 Å². The molecule has 5 nitrogen and oxygen atoms in total. The van der Waals surface area contributed by atoms with Crippen molar-refractivity contribution in [3.05, 3.63) is 22.7 Å². The number of halogens is 1. The van der Waals surface area contributed by atoms with E-state index in [4.69, 9.17) is 21.1 Å². The lowest BCUT2D eigenvalue weighted by Gasteiger charge is -2.23. The molecule has 0 saturated carbocycles. The largest absolute Gasteiger partial charge is 0.493 e. The number of hydrogen-bond acceptors (Lipinski definition) is 5. The Kier molecular flexibility index (Phi) is 5.35. The Labute approximate surface area is 130 Å². The van der Waals surface area contributed by atoms with E-state index >= 15 is 0 Å². The number of rotatable bonds is 5. The van der Waals surface area contributed by atoms with Crippen molar-refractivity contribution in [1.82, 2.24) is 5.32 Å². The Morgan fingerprint density at radius 3 is 2.71 bits per heavy atom. The van der Waals surface area contributed by atoms with E-state index < -0.39 is 9.84 Å². The van der Waals surface area contributed by atoms with E-state index in [1.807, 2.05) is 6.07 Å². The summed E-state index contributed by atoms with van der Waals surface area (Å²) < 4.78 is 33.7. The maximum Gasteiger partial charge on any atom is 0.179 e. The van der Waals surface area contributed by atoms with E-state index in [9.17, 15) is 8.42 Å². The molecule has 0 aliphatic carbocycles. The topological polar surface area (TPSA) is 64.6 Å². The Bertz CT molecular complexity index is 603. The fraction of sp³-hybridized carbons (Fsp3) is 0.571. The molecule has 2 rings (SSSR count). The van der Waals surface area contributed by atoms with Gasteiger partial charge in [0.2, 0.25) is 0 Å². The highest BCUT2D eigenvalue weighted by molar-refractivity contribution is 7.91. The van der Waals surface area contributed by atoms with E-state index in [1.54, 1.807) is 13.2 Å². The smallest absolute Gasteiger partial charge is 0.179 e. The highest BCUT2D eigenvalue weighted by Gasteiger charge is 2.24. The molecule has 1 saturated heterocycles. The lowest BCUT2D eigenvalue weighted by molar-refractivity contribution is 0.354. The minimum absolute atomic E-state index is 0.0205. The molecule has 0 bridgehead atoms. The van der Waals surface area contributed by atoms with E-state index in [2.05, 4.69) is 5.32 Å². The average Bonchev–Trinajstić information content (AvgIpc) is 2.44. The molecule has 1 heterocycles. The number of benzene rings is 1. The lowest BCUT2D eigenvalue weighted by atomic mass is 10.1. The molecule has 0 aromatic heterocycles. The quantitative estimate of drug-likeness (QED) is 0.893. The van der Waals surface area contributed by atoms with Gasteiger partial charge in [-0.1, -0.05) is 17.7 Å². The summed E-state index contributed by atoms with van der Waals surface area (Å²) in [6.07, 6.45) is 1.57. The third-order valence-corrected chi connectivity index (χ3v) is 5.84. The molecule has 21 heavy (non-hydrogen) atoms. The molecule has 1 aromatic carbocycles. The van der Waals surface area contributed by atoms with Crippen molar-refractivity contribution in [2.24, 2.45) is 0 Å². The molecular weight excluding hydrogens is 314 g/mol. The van der Waals surface area contributed by atoms with Crippen LogP contribution in [0, 0.1) is 0 Å². The number of sulfone groups is 1. The molecule has 1 aliphatic heterocycles. The molecule has 118 valence electrons. The van der Waals surface area contributed by atoms with Crippen LogP contribution in [-0.4, -0.2) is 40.2 Å². The molecule has 0 amide bonds. The lowest BCUT2D eigenvalue weighted by Crippen LogP contribution is -2.39. The number of nitrogens with one attached hydrogen (secondary N) is 1. The fourth-order valence-corrected chi connectivity index (χ4v) is 4.48. The van der Waals surface area contributed by atoms with Crippen LogP contribution in [-0.2, 0) is 16.4 Å². The Morgan fingerprint density at radius 2 is 2.10 bits per heavy atom. The molecule has 1 fully saturated rings. The summed E-state index contributed by atoms with van der Waals surface area (Å²) >= 11 is 6.30. The zero-order chi connectivity index (χ0) is 15.5. The third-order valence-electron chi connectivity index (χ3n) is 3.61. The van der Waals surface area contributed by atoms with Gasteiger partial charge < -0.3 is 14.8 Å². The van der Waals surface area contributed by atoms with Crippen molar-refractivity contribution in [2.75, 3.05) is 25.7 Å². The van der Waals surface area contributed by atoms with Crippen molar-refractivity contribution in [2.45, 2.75) is 25.4 Å². The molecule has 7 heteroatoms. The predicted octanol–water partition coefficient (Wildman–Crippen LogP) is 2.02. The fourth-order valence-electron chi connectivity index (χ4n) is 2.50. The summed E-state index contributed by atoms with van der Waals surface area (Å²) in [6.45, 7) is 0.499. The number of ether oxygens (including phenoxy) is 2. The van der Waals surface area contributed by atoms with Crippen LogP contribution in [0.4, 0.5) is 0 Å². The summed E-state index contributed by atoms with van der Waals surface area (Å²) in [4.78, 5) is 0. The second kappa shape index (κ2) is 6.85. The van der Waals surface area contributed by atoms with Crippen LogP contribution in [0.1, 0.15) is 18.4 Å². The summed E-state index contributed by atoms with van der Waals surface area (Å²) in [6, 6.07) is 3.63. The molecule has 1 N–H and O–H groups in total. The standard InChI is InChI=1S/C14H20ClNO4S/c1-19-12-6-5-10(13(15)14(12)20-2)8-16-11-4-3-7-21(17,18)9-11/h5-6,11,16H,3-4,7-9H2,1-2H3. The molecular formula is C14H20ClNO4S. The molecule has 1 aliphatic rings. The summed E-state index contributed by atoms with van der Waals surface area (Å²) in [7, 11) is 0.181. The van der Waals surface area contributed by atoms with Gasteiger partial charge in [0.25, 0.3) is 0 Å². The normalized spacial score (nSPS) is 21.0. The maximum absolute atomic E-state index is 11.6. The van der Waals surface area contributed by atoms with E-state index in [-0.39, 0.29) is 11.8 Å². The zero-order valence-electron chi connectivity index (χ0n) is 12.2. The van der Waals surface area contributed by atoms with Crippen LogP contribution in [0.15, 0.2) is 12.1 Å². The summed E-state index contributed by atoms with van der Waals surface area (Å²) in [5, 5.41) is 3.75. The third kappa shape index (κ3) is 4.02. The first-order valence-corrected chi connectivity index (χ1v) is 9.00. The number of hydrogen-bond donors (Lipinski definition) is 1. The Hall–Kier alpha value is -0.980. The van der Waals surface area contributed by atoms with Gasteiger partial charge in [-0.05, 0) is 24.5 Å². The van der Waals surface area contributed by atoms with Crippen LogP contribution in [0.3, 0.4) is 0 Å². The van der Waals surface area contributed by atoms with E-state index in [0.717, 1.165) is 12.0 Å². The van der Waals surface area contributed by atoms with Crippen molar-refractivity contribution >= 4 is 21.4 Å². The second-order valence-electron chi connectivity index (χ2n) is 5.11. The Morgan fingerprint density at radius 1 is 1.33 bits per heavy atom. The second-order valence-corrected chi connectivity index (χ2v) is 7.72. The summed E-state index contributed by atoms with van der Waals surface area (Å²) in [5.74, 6) is 1.56. The highest BCUT2D eigenvalue weighted by atomic mass is 35.5. The highest BCUT2D eigenvalue weighted by Crippen LogP contribution is 2.37.